The minimum atomic E-state index is -0.554. The van der Waals surface area contributed by atoms with Crippen molar-refractivity contribution in [1.82, 2.24) is 20.0 Å². The molecule has 7 heteroatoms. The molecule has 2 aliphatic heterocycles. The molecule has 0 bridgehead atoms. The molecule has 0 saturated carbocycles. The van der Waals surface area contributed by atoms with Crippen LogP contribution in [0.1, 0.15) is 27.7 Å². The molecule has 2 rings (SSSR count). The standard InChI is InChI=1S/C16H30N4O3/c1-5-18-10-11-20(15(22)23-16(2,3)4)13(12-18)14(21)19-8-6-17-7-9-19/h13,17H,5-12H2,1-4H3/t13-/m1/s1. The van der Waals surface area contributed by atoms with Crippen molar-refractivity contribution in [2.75, 3.05) is 52.4 Å². The molecule has 132 valence electrons. The Bertz CT molecular complexity index is 430. The topological polar surface area (TPSA) is 65.1 Å². The highest BCUT2D eigenvalue weighted by Gasteiger charge is 2.39. The molecular formula is C16H30N4O3. The van der Waals surface area contributed by atoms with E-state index in [9.17, 15) is 9.59 Å². The van der Waals surface area contributed by atoms with Gasteiger partial charge in [-0.25, -0.2) is 4.79 Å². The van der Waals surface area contributed by atoms with Crippen LogP contribution in [0.5, 0.6) is 0 Å². The highest BCUT2D eigenvalue weighted by Crippen LogP contribution is 2.17. The number of nitrogens with one attached hydrogen (secondary N) is 1. The summed E-state index contributed by atoms with van der Waals surface area (Å²) >= 11 is 0. The van der Waals surface area contributed by atoms with E-state index in [1.807, 2.05) is 25.7 Å². The van der Waals surface area contributed by atoms with Crippen molar-refractivity contribution in [2.24, 2.45) is 0 Å². The van der Waals surface area contributed by atoms with Crippen LogP contribution in [-0.2, 0) is 9.53 Å². The van der Waals surface area contributed by atoms with Crippen molar-refractivity contribution in [2.45, 2.75) is 39.3 Å². The zero-order valence-corrected chi connectivity index (χ0v) is 14.8. The Morgan fingerprint density at radius 2 is 1.78 bits per heavy atom. The molecule has 0 aromatic carbocycles. The molecule has 7 nitrogen and oxygen atoms in total. The Hall–Kier alpha value is -1.34. The summed E-state index contributed by atoms with van der Waals surface area (Å²) < 4.78 is 5.50. The SMILES string of the molecule is CCN1CCN(C(=O)OC(C)(C)C)[C@@H](C(=O)N2CCNCC2)C1. The average Bonchev–Trinajstić information content (AvgIpc) is 2.52. The van der Waals surface area contributed by atoms with Gasteiger partial charge in [-0.1, -0.05) is 6.92 Å². The third-order valence-corrected chi connectivity index (χ3v) is 4.25. The highest BCUT2D eigenvalue weighted by atomic mass is 16.6. The second-order valence-corrected chi connectivity index (χ2v) is 7.16. The molecule has 0 radical (unpaired) electrons. The number of nitrogens with zero attached hydrogens (tertiary/aromatic N) is 3. The van der Waals surface area contributed by atoms with Crippen LogP contribution in [0, 0.1) is 0 Å². The van der Waals surface area contributed by atoms with Gasteiger partial charge < -0.3 is 15.0 Å². The maximum Gasteiger partial charge on any atom is 0.411 e. The van der Waals surface area contributed by atoms with Gasteiger partial charge in [0.05, 0.1) is 0 Å². The third-order valence-electron chi connectivity index (χ3n) is 4.25. The van der Waals surface area contributed by atoms with Gasteiger partial charge in [0.15, 0.2) is 0 Å². The van der Waals surface area contributed by atoms with Crippen LogP contribution < -0.4 is 5.32 Å². The van der Waals surface area contributed by atoms with Crippen molar-refractivity contribution in [3.63, 3.8) is 0 Å². The smallest absolute Gasteiger partial charge is 0.411 e. The fraction of sp³-hybridized carbons (Fsp3) is 0.875. The van der Waals surface area contributed by atoms with Crippen molar-refractivity contribution >= 4 is 12.0 Å². The Kier molecular flexibility index (Phi) is 5.86. The maximum atomic E-state index is 12.9. The fourth-order valence-electron chi connectivity index (χ4n) is 2.97. The van der Waals surface area contributed by atoms with Gasteiger partial charge in [0.25, 0.3) is 0 Å². The number of piperazine rings is 2. The van der Waals surface area contributed by atoms with Crippen LogP contribution in [-0.4, -0.2) is 90.7 Å². The lowest BCUT2D eigenvalue weighted by molar-refractivity contribution is -0.139. The van der Waals surface area contributed by atoms with Crippen molar-refractivity contribution < 1.29 is 14.3 Å². The van der Waals surface area contributed by atoms with Crippen LogP contribution in [0.4, 0.5) is 4.79 Å². The molecule has 1 N–H and O–H groups in total. The van der Waals surface area contributed by atoms with Gasteiger partial charge in [-0.15, -0.1) is 0 Å². The number of likely N-dealkylation sites (N-methyl/N-ethyl adjacent to an activating group) is 1. The van der Waals surface area contributed by atoms with Crippen LogP contribution in [0.25, 0.3) is 0 Å². The van der Waals surface area contributed by atoms with Gasteiger partial charge in [-0.05, 0) is 27.3 Å². The molecule has 0 aliphatic carbocycles. The third kappa shape index (κ3) is 4.81. The lowest BCUT2D eigenvalue weighted by Gasteiger charge is -2.42. The molecule has 0 spiro atoms. The summed E-state index contributed by atoms with van der Waals surface area (Å²) in [5, 5.41) is 3.25. The molecular weight excluding hydrogens is 296 g/mol. The molecule has 0 unspecified atom stereocenters. The molecule has 2 aliphatic rings. The summed E-state index contributed by atoms with van der Waals surface area (Å²) in [7, 11) is 0. The normalized spacial score (nSPS) is 23.7. The number of hydrogen-bond acceptors (Lipinski definition) is 5. The zero-order chi connectivity index (χ0) is 17.0. The van der Waals surface area contributed by atoms with Gasteiger partial charge in [0.1, 0.15) is 11.6 Å². The summed E-state index contributed by atoms with van der Waals surface area (Å²) in [6, 6.07) is -0.448. The number of rotatable bonds is 2. The molecule has 2 fully saturated rings. The lowest BCUT2D eigenvalue weighted by atomic mass is 10.1. The van der Waals surface area contributed by atoms with E-state index >= 15 is 0 Å². The number of ether oxygens (including phenoxy) is 1. The minimum absolute atomic E-state index is 0.0375. The van der Waals surface area contributed by atoms with Crippen molar-refractivity contribution in [3.05, 3.63) is 0 Å². The van der Waals surface area contributed by atoms with Gasteiger partial charge >= 0.3 is 6.09 Å². The van der Waals surface area contributed by atoms with E-state index in [1.165, 1.54) is 0 Å². The summed E-state index contributed by atoms with van der Waals surface area (Å²) in [5.41, 5.74) is -0.554. The number of hydrogen-bond donors (Lipinski definition) is 1. The molecule has 0 aromatic heterocycles. The first kappa shape index (κ1) is 18.0. The first-order chi connectivity index (χ1) is 10.8. The Morgan fingerprint density at radius 1 is 1.13 bits per heavy atom. The van der Waals surface area contributed by atoms with Crippen molar-refractivity contribution in [3.8, 4) is 0 Å². The summed E-state index contributed by atoms with van der Waals surface area (Å²) in [4.78, 5) is 31.1. The summed E-state index contributed by atoms with van der Waals surface area (Å²) in [6.07, 6.45) is -0.387. The van der Waals surface area contributed by atoms with E-state index in [-0.39, 0.29) is 12.0 Å². The molecule has 2 saturated heterocycles. The minimum Gasteiger partial charge on any atom is -0.444 e. The van der Waals surface area contributed by atoms with Gasteiger partial charge in [0, 0.05) is 45.8 Å². The molecule has 2 amide bonds. The zero-order valence-electron chi connectivity index (χ0n) is 14.8. The molecule has 2 heterocycles. The Labute approximate surface area is 138 Å². The van der Waals surface area contributed by atoms with E-state index < -0.39 is 11.6 Å². The van der Waals surface area contributed by atoms with Crippen LogP contribution in [0.15, 0.2) is 0 Å². The van der Waals surface area contributed by atoms with Crippen LogP contribution in [0.3, 0.4) is 0 Å². The monoisotopic (exact) mass is 326 g/mol. The van der Waals surface area contributed by atoms with E-state index in [0.29, 0.717) is 26.2 Å². The highest BCUT2D eigenvalue weighted by molar-refractivity contribution is 5.86. The van der Waals surface area contributed by atoms with E-state index in [4.69, 9.17) is 4.74 Å². The van der Waals surface area contributed by atoms with Gasteiger partial charge in [-0.2, -0.15) is 0 Å². The molecule has 23 heavy (non-hydrogen) atoms. The number of carbonyl (C=O) groups excluding carboxylic acids is 2. The fourth-order valence-corrected chi connectivity index (χ4v) is 2.97. The second-order valence-electron chi connectivity index (χ2n) is 7.16. The maximum absolute atomic E-state index is 12.9. The first-order valence-electron chi connectivity index (χ1n) is 8.53. The van der Waals surface area contributed by atoms with Crippen LogP contribution >= 0.6 is 0 Å². The quantitative estimate of drug-likeness (QED) is 0.794. The summed E-state index contributed by atoms with van der Waals surface area (Å²) in [6.45, 7) is 13.4. The predicted molar refractivity (Wildman–Crippen MR) is 88.3 cm³/mol. The van der Waals surface area contributed by atoms with E-state index in [1.54, 1.807) is 4.90 Å². The Morgan fingerprint density at radius 3 is 2.35 bits per heavy atom. The van der Waals surface area contributed by atoms with Crippen LogP contribution in [0.2, 0.25) is 0 Å². The lowest BCUT2D eigenvalue weighted by Crippen LogP contribution is -2.63. The van der Waals surface area contributed by atoms with E-state index in [2.05, 4.69) is 17.1 Å². The van der Waals surface area contributed by atoms with Gasteiger partial charge in [0.2, 0.25) is 5.91 Å². The second kappa shape index (κ2) is 7.49. The summed E-state index contributed by atoms with van der Waals surface area (Å²) in [5.74, 6) is 0.0375. The molecule has 0 aromatic rings. The van der Waals surface area contributed by atoms with E-state index in [0.717, 1.165) is 26.2 Å². The first-order valence-corrected chi connectivity index (χ1v) is 8.53. The largest absolute Gasteiger partial charge is 0.444 e. The Balaban J connectivity index is 2.11. The average molecular weight is 326 g/mol. The number of carbonyl (C=O) groups is 2. The predicted octanol–water partition coefficient (Wildman–Crippen LogP) is 0.359. The molecule has 1 atom stereocenters. The number of amides is 2. The van der Waals surface area contributed by atoms with Crippen molar-refractivity contribution in [1.29, 1.82) is 0 Å². The van der Waals surface area contributed by atoms with Gasteiger partial charge in [-0.3, -0.25) is 14.6 Å².